The van der Waals surface area contributed by atoms with Gasteiger partial charge in [0, 0.05) is 25.6 Å². The first-order valence-electron chi connectivity index (χ1n) is 10.5. The Bertz CT molecular complexity index is 953. The maximum Gasteiger partial charge on any atom is 0.224 e. The summed E-state index contributed by atoms with van der Waals surface area (Å²) < 4.78 is 2.17. The molecule has 146 valence electrons. The van der Waals surface area contributed by atoms with Gasteiger partial charge in [0.1, 0.15) is 5.82 Å². The lowest BCUT2D eigenvalue weighted by molar-refractivity contribution is -0.116. The van der Waals surface area contributed by atoms with Crippen molar-refractivity contribution in [2.75, 3.05) is 5.32 Å². The number of aryl methyl sites for hydroxylation is 3. The summed E-state index contributed by atoms with van der Waals surface area (Å²) in [6.45, 7) is 0. The van der Waals surface area contributed by atoms with Gasteiger partial charge in [-0.25, -0.2) is 4.98 Å². The molecule has 1 N–H and O–H groups in total. The summed E-state index contributed by atoms with van der Waals surface area (Å²) in [5, 5.41) is 3.08. The van der Waals surface area contributed by atoms with E-state index in [1.807, 2.05) is 24.3 Å². The zero-order valence-corrected chi connectivity index (χ0v) is 16.7. The van der Waals surface area contributed by atoms with Crippen molar-refractivity contribution < 1.29 is 4.79 Å². The van der Waals surface area contributed by atoms with Crippen LogP contribution >= 0.6 is 0 Å². The number of benzene rings is 2. The molecule has 1 aliphatic rings. The number of carbonyl (C=O) groups excluding carboxylic acids is 1. The molecule has 4 nitrogen and oxygen atoms in total. The minimum atomic E-state index is 0.138. The molecule has 0 bridgehead atoms. The molecular formula is C24H29N3O. The maximum absolute atomic E-state index is 12.3. The normalized spacial score (nSPS) is 14.6. The van der Waals surface area contributed by atoms with Crippen LogP contribution in [0.1, 0.15) is 49.9 Å². The number of hydrogen-bond donors (Lipinski definition) is 1. The summed E-state index contributed by atoms with van der Waals surface area (Å²) in [6, 6.07) is 16.5. The van der Waals surface area contributed by atoms with Gasteiger partial charge in [-0.3, -0.25) is 4.79 Å². The van der Waals surface area contributed by atoms with Gasteiger partial charge in [-0.05, 0) is 48.6 Å². The van der Waals surface area contributed by atoms with Crippen molar-refractivity contribution >= 4 is 22.6 Å². The lowest BCUT2D eigenvalue weighted by Crippen LogP contribution is -2.13. The molecule has 1 amide bonds. The molecule has 28 heavy (non-hydrogen) atoms. The van der Waals surface area contributed by atoms with Gasteiger partial charge < -0.3 is 9.88 Å². The Hall–Kier alpha value is -2.62. The Kier molecular flexibility index (Phi) is 5.75. The zero-order chi connectivity index (χ0) is 19.3. The highest BCUT2D eigenvalue weighted by atomic mass is 16.1. The van der Waals surface area contributed by atoms with E-state index in [-0.39, 0.29) is 5.91 Å². The minimum Gasteiger partial charge on any atom is -0.331 e. The van der Waals surface area contributed by atoms with Crippen molar-refractivity contribution in [1.29, 1.82) is 0 Å². The Morgan fingerprint density at radius 3 is 2.75 bits per heavy atom. The van der Waals surface area contributed by atoms with Crippen LogP contribution in [0, 0.1) is 5.92 Å². The van der Waals surface area contributed by atoms with Gasteiger partial charge in [0.05, 0.1) is 11.0 Å². The lowest BCUT2D eigenvalue weighted by Gasteiger charge is -2.10. The SMILES string of the molecule is Cn1c(CCc2cccc(NC(=O)CCC3CCCC3)c2)nc2ccccc21. The molecule has 0 aliphatic heterocycles. The molecule has 0 radical (unpaired) electrons. The van der Waals surface area contributed by atoms with Gasteiger partial charge in [0.25, 0.3) is 0 Å². The number of nitrogens with zero attached hydrogens (tertiary/aromatic N) is 2. The third kappa shape index (κ3) is 4.44. The molecule has 3 aromatic rings. The van der Waals surface area contributed by atoms with Crippen molar-refractivity contribution in [3.05, 3.63) is 59.9 Å². The van der Waals surface area contributed by atoms with E-state index in [4.69, 9.17) is 4.98 Å². The summed E-state index contributed by atoms with van der Waals surface area (Å²) in [5.74, 6) is 1.98. The molecule has 2 aromatic carbocycles. The Labute approximate surface area is 167 Å². The fraction of sp³-hybridized carbons (Fsp3) is 0.417. The fourth-order valence-corrected chi connectivity index (χ4v) is 4.34. The highest BCUT2D eigenvalue weighted by Crippen LogP contribution is 2.28. The maximum atomic E-state index is 12.3. The van der Waals surface area contributed by atoms with Crippen molar-refractivity contribution in [2.24, 2.45) is 13.0 Å². The van der Waals surface area contributed by atoms with Gasteiger partial charge in [-0.15, -0.1) is 0 Å². The zero-order valence-electron chi connectivity index (χ0n) is 16.7. The van der Waals surface area contributed by atoms with Crippen molar-refractivity contribution in [3.63, 3.8) is 0 Å². The number of amides is 1. The summed E-state index contributed by atoms with van der Waals surface area (Å²) in [6.07, 6.45) is 8.70. The summed E-state index contributed by atoms with van der Waals surface area (Å²) >= 11 is 0. The van der Waals surface area contributed by atoms with Gasteiger partial charge in [-0.1, -0.05) is 49.9 Å². The van der Waals surface area contributed by atoms with Gasteiger partial charge in [0.15, 0.2) is 0 Å². The summed E-state index contributed by atoms with van der Waals surface area (Å²) in [5.41, 5.74) is 4.34. The van der Waals surface area contributed by atoms with E-state index in [2.05, 4.69) is 41.2 Å². The van der Waals surface area contributed by atoms with E-state index < -0.39 is 0 Å². The standard InChI is InChI=1S/C24H29N3O/c1-27-22-12-5-4-11-21(22)26-23(27)15-13-19-9-6-10-20(17-19)25-24(28)16-14-18-7-2-3-8-18/h4-6,9-12,17-18H,2-3,7-8,13-16H2,1H3,(H,25,28). The van der Waals surface area contributed by atoms with Crippen LogP contribution in [0.15, 0.2) is 48.5 Å². The second-order valence-corrected chi connectivity index (χ2v) is 8.01. The number of anilines is 1. The molecule has 1 fully saturated rings. The molecule has 0 atom stereocenters. The van der Waals surface area contributed by atoms with E-state index in [1.165, 1.54) is 36.8 Å². The van der Waals surface area contributed by atoms with E-state index in [9.17, 15) is 4.79 Å². The first-order valence-corrected chi connectivity index (χ1v) is 10.5. The second-order valence-electron chi connectivity index (χ2n) is 8.01. The third-order valence-electron chi connectivity index (χ3n) is 5.98. The molecule has 0 spiro atoms. The molecule has 0 unspecified atom stereocenters. The molecule has 1 aromatic heterocycles. The Morgan fingerprint density at radius 2 is 1.93 bits per heavy atom. The number of imidazole rings is 1. The molecular weight excluding hydrogens is 346 g/mol. The van der Waals surface area contributed by atoms with Crippen LogP contribution in [-0.2, 0) is 24.7 Å². The first kappa shape index (κ1) is 18.7. The molecule has 0 saturated heterocycles. The van der Waals surface area contributed by atoms with Gasteiger partial charge in [0.2, 0.25) is 5.91 Å². The predicted octanol–water partition coefficient (Wildman–Crippen LogP) is 5.27. The smallest absolute Gasteiger partial charge is 0.224 e. The Morgan fingerprint density at radius 1 is 1.11 bits per heavy atom. The molecule has 1 aliphatic carbocycles. The predicted molar refractivity (Wildman–Crippen MR) is 114 cm³/mol. The van der Waals surface area contributed by atoms with Crippen molar-refractivity contribution in [1.82, 2.24) is 9.55 Å². The largest absolute Gasteiger partial charge is 0.331 e. The van der Waals surface area contributed by atoms with E-state index in [0.717, 1.165) is 42.2 Å². The average Bonchev–Trinajstić information content (AvgIpc) is 3.34. The molecule has 1 saturated carbocycles. The number of aromatic nitrogens is 2. The molecule has 1 heterocycles. The van der Waals surface area contributed by atoms with Crippen LogP contribution in [0.25, 0.3) is 11.0 Å². The fourth-order valence-electron chi connectivity index (χ4n) is 4.34. The highest BCUT2D eigenvalue weighted by Gasteiger charge is 2.16. The van der Waals surface area contributed by atoms with Crippen molar-refractivity contribution in [3.8, 4) is 0 Å². The number of para-hydroxylation sites is 2. The van der Waals surface area contributed by atoms with Crippen LogP contribution in [0.5, 0.6) is 0 Å². The monoisotopic (exact) mass is 375 g/mol. The van der Waals surface area contributed by atoms with Crippen LogP contribution in [0.3, 0.4) is 0 Å². The number of hydrogen-bond acceptors (Lipinski definition) is 2. The summed E-state index contributed by atoms with van der Waals surface area (Å²) in [7, 11) is 2.08. The number of fused-ring (bicyclic) bond motifs is 1. The van der Waals surface area contributed by atoms with E-state index >= 15 is 0 Å². The van der Waals surface area contributed by atoms with Crippen molar-refractivity contribution in [2.45, 2.75) is 51.4 Å². The van der Waals surface area contributed by atoms with Gasteiger partial charge >= 0.3 is 0 Å². The minimum absolute atomic E-state index is 0.138. The third-order valence-corrected chi connectivity index (χ3v) is 5.98. The molecule has 4 rings (SSSR count). The van der Waals surface area contributed by atoms with Crippen LogP contribution < -0.4 is 5.32 Å². The van der Waals surface area contributed by atoms with Gasteiger partial charge in [-0.2, -0.15) is 0 Å². The lowest BCUT2D eigenvalue weighted by atomic mass is 10.0. The quantitative estimate of drug-likeness (QED) is 0.612. The number of nitrogens with one attached hydrogen (secondary N) is 1. The number of carbonyl (C=O) groups is 1. The van der Waals surface area contributed by atoms with E-state index in [0.29, 0.717) is 6.42 Å². The second kappa shape index (κ2) is 8.59. The topological polar surface area (TPSA) is 46.9 Å². The number of rotatable bonds is 7. The summed E-state index contributed by atoms with van der Waals surface area (Å²) in [4.78, 5) is 17.0. The van der Waals surface area contributed by atoms with Crippen LogP contribution in [0.2, 0.25) is 0 Å². The average molecular weight is 376 g/mol. The van der Waals surface area contributed by atoms with E-state index in [1.54, 1.807) is 0 Å². The highest BCUT2D eigenvalue weighted by molar-refractivity contribution is 5.90. The molecule has 4 heteroatoms. The van der Waals surface area contributed by atoms with Crippen LogP contribution in [0.4, 0.5) is 5.69 Å². The first-order chi connectivity index (χ1) is 13.7. The van der Waals surface area contributed by atoms with Crippen LogP contribution in [-0.4, -0.2) is 15.5 Å². The Balaban J connectivity index is 1.34.